The van der Waals surface area contributed by atoms with Gasteiger partial charge in [-0.15, -0.1) is 0 Å². The van der Waals surface area contributed by atoms with Crippen molar-refractivity contribution in [2.45, 2.75) is 19.5 Å². The van der Waals surface area contributed by atoms with Crippen LogP contribution >= 0.6 is 11.6 Å². The quantitative estimate of drug-likeness (QED) is 0.304. The molecule has 0 heterocycles. The molecule has 0 unspecified atom stereocenters. The Hall–Kier alpha value is -2.61. The fourth-order valence-electron chi connectivity index (χ4n) is 2.03. The van der Waals surface area contributed by atoms with Crippen molar-refractivity contribution < 1.29 is 18.0 Å². The van der Waals surface area contributed by atoms with Crippen LogP contribution in [-0.4, -0.2) is 50.2 Å². The van der Waals surface area contributed by atoms with Crippen molar-refractivity contribution in [2.24, 2.45) is 20.0 Å². The second-order valence-electron chi connectivity index (χ2n) is 5.05. The molecular formula is C18H18ClF3N4O. The average molecular weight is 399 g/mol. The minimum absolute atomic E-state index is 0.00933. The van der Waals surface area contributed by atoms with Crippen LogP contribution in [0.2, 0.25) is 5.02 Å². The second-order valence-corrected chi connectivity index (χ2v) is 5.46. The van der Waals surface area contributed by atoms with Gasteiger partial charge in [0.25, 0.3) is 0 Å². The lowest BCUT2D eigenvalue weighted by Gasteiger charge is -2.10. The number of carbonyl (C=O) groups is 1. The van der Waals surface area contributed by atoms with E-state index in [1.165, 1.54) is 7.05 Å². The van der Waals surface area contributed by atoms with Crippen molar-refractivity contribution in [3.63, 3.8) is 0 Å². The van der Waals surface area contributed by atoms with E-state index in [9.17, 15) is 18.0 Å². The third-order valence-corrected chi connectivity index (χ3v) is 3.67. The molecule has 9 heteroatoms. The number of aliphatic imine (C=N–C) groups is 4. The summed E-state index contributed by atoms with van der Waals surface area (Å²) in [5.41, 5.74) is 1.06. The van der Waals surface area contributed by atoms with E-state index >= 15 is 0 Å². The Balaban J connectivity index is 3.21. The minimum Gasteiger partial charge on any atom is -0.298 e. The van der Waals surface area contributed by atoms with Crippen LogP contribution in [0.1, 0.15) is 18.9 Å². The van der Waals surface area contributed by atoms with Gasteiger partial charge in [0.2, 0.25) is 5.84 Å². The van der Waals surface area contributed by atoms with Crippen LogP contribution in [0, 0.1) is 0 Å². The van der Waals surface area contributed by atoms with Gasteiger partial charge in [0.15, 0.2) is 6.29 Å². The first-order valence-electron chi connectivity index (χ1n) is 7.77. The Morgan fingerprint density at radius 3 is 2.44 bits per heavy atom. The van der Waals surface area contributed by atoms with Gasteiger partial charge in [0.05, 0.1) is 5.71 Å². The summed E-state index contributed by atoms with van der Waals surface area (Å²) in [5.74, 6) is -1.10. The number of hydrogen-bond donors (Lipinski definition) is 0. The molecule has 144 valence electrons. The van der Waals surface area contributed by atoms with Gasteiger partial charge in [-0.3, -0.25) is 14.8 Å². The average Bonchev–Trinajstić information content (AvgIpc) is 2.63. The van der Waals surface area contributed by atoms with Crippen LogP contribution in [0.5, 0.6) is 0 Å². The highest BCUT2D eigenvalue weighted by atomic mass is 35.5. The molecule has 0 aliphatic carbocycles. The van der Waals surface area contributed by atoms with Gasteiger partial charge in [-0.25, -0.2) is 9.98 Å². The van der Waals surface area contributed by atoms with Crippen molar-refractivity contribution in [3.05, 3.63) is 46.5 Å². The number of aldehydes is 1. The molecule has 0 aliphatic heterocycles. The number of rotatable bonds is 6. The fraction of sp³-hybridized carbons (Fsp3) is 0.278. The molecule has 0 fully saturated rings. The number of carbonyl (C=O) groups excluding carboxylic acids is 1. The van der Waals surface area contributed by atoms with Crippen molar-refractivity contribution in [1.29, 1.82) is 0 Å². The normalized spacial score (nSPS) is 14.3. The van der Waals surface area contributed by atoms with Crippen molar-refractivity contribution in [3.8, 4) is 0 Å². The van der Waals surface area contributed by atoms with E-state index in [1.807, 2.05) is 0 Å². The van der Waals surface area contributed by atoms with Gasteiger partial charge in [0, 0.05) is 36.2 Å². The highest BCUT2D eigenvalue weighted by Crippen LogP contribution is 2.20. The first-order valence-corrected chi connectivity index (χ1v) is 8.15. The van der Waals surface area contributed by atoms with Crippen LogP contribution in [-0.2, 0) is 4.79 Å². The van der Waals surface area contributed by atoms with E-state index in [2.05, 4.69) is 26.7 Å². The molecular weight excluding hydrogens is 381 g/mol. The lowest BCUT2D eigenvalue weighted by atomic mass is 10.0. The first-order chi connectivity index (χ1) is 12.8. The predicted molar refractivity (Wildman–Crippen MR) is 104 cm³/mol. The number of halogens is 4. The maximum Gasteiger partial charge on any atom is 0.451 e. The summed E-state index contributed by atoms with van der Waals surface area (Å²) >= 11 is 6.19. The lowest BCUT2D eigenvalue weighted by molar-refractivity contribution is -0.104. The number of amidine groups is 2. The zero-order chi connectivity index (χ0) is 20.4. The monoisotopic (exact) mass is 398 g/mol. The van der Waals surface area contributed by atoms with E-state index in [0.717, 1.165) is 0 Å². The van der Waals surface area contributed by atoms with Gasteiger partial charge in [-0.05, 0) is 19.7 Å². The fourth-order valence-corrected chi connectivity index (χ4v) is 2.26. The molecule has 1 aromatic carbocycles. The topological polar surface area (TPSA) is 66.5 Å². The number of hydrogen-bond acceptors (Lipinski definition) is 3. The zero-order valence-corrected chi connectivity index (χ0v) is 15.6. The van der Waals surface area contributed by atoms with E-state index < -0.39 is 12.0 Å². The Morgan fingerprint density at radius 2 is 1.96 bits per heavy atom. The molecule has 0 radical (unpaired) electrons. The van der Waals surface area contributed by atoms with Crippen LogP contribution in [0.15, 0.2) is 55.9 Å². The maximum absolute atomic E-state index is 12.6. The van der Waals surface area contributed by atoms with Crippen molar-refractivity contribution in [2.75, 3.05) is 13.6 Å². The lowest BCUT2D eigenvalue weighted by Crippen LogP contribution is -2.21. The summed E-state index contributed by atoms with van der Waals surface area (Å²) < 4.78 is 37.9. The molecule has 27 heavy (non-hydrogen) atoms. The first kappa shape index (κ1) is 22.4. The molecule has 0 amide bonds. The van der Waals surface area contributed by atoms with E-state index in [0.29, 0.717) is 16.9 Å². The largest absolute Gasteiger partial charge is 0.451 e. The van der Waals surface area contributed by atoms with Gasteiger partial charge in [0.1, 0.15) is 5.84 Å². The van der Waals surface area contributed by atoms with E-state index in [4.69, 9.17) is 11.6 Å². The molecule has 0 saturated carbocycles. The van der Waals surface area contributed by atoms with Crippen LogP contribution in [0.25, 0.3) is 0 Å². The van der Waals surface area contributed by atoms with Gasteiger partial charge >= 0.3 is 6.18 Å². The van der Waals surface area contributed by atoms with Gasteiger partial charge < -0.3 is 0 Å². The van der Waals surface area contributed by atoms with Gasteiger partial charge in [-0.1, -0.05) is 35.9 Å². The zero-order valence-electron chi connectivity index (χ0n) is 14.8. The van der Waals surface area contributed by atoms with Crippen molar-refractivity contribution >= 4 is 42.0 Å². The molecule has 0 N–H and O–H groups in total. The van der Waals surface area contributed by atoms with Crippen LogP contribution in [0.3, 0.4) is 0 Å². The third kappa shape index (κ3) is 6.56. The Kier molecular flexibility index (Phi) is 8.74. The molecule has 0 bridgehead atoms. The highest BCUT2D eigenvalue weighted by Gasteiger charge is 2.35. The summed E-state index contributed by atoms with van der Waals surface area (Å²) in [6.07, 6.45) is -2.48. The standard InChI is InChI=1S/C18H18ClF3N4O/c1-4-12(11-27)16(13-7-5-6-8-14(13)19)26-15(23-2)9-10-25-17(24-3)18(20,21)22/h4-8,11H,3,9-10H2,1-2H3/b12-4-,23-15?,25-17?,26-16?. The molecule has 1 aromatic rings. The predicted octanol–water partition coefficient (Wildman–Crippen LogP) is 4.35. The smallest absolute Gasteiger partial charge is 0.298 e. The summed E-state index contributed by atoms with van der Waals surface area (Å²) in [5, 5.41) is 0.376. The number of alkyl halides is 3. The summed E-state index contributed by atoms with van der Waals surface area (Å²) in [4.78, 5) is 26.0. The highest BCUT2D eigenvalue weighted by molar-refractivity contribution is 6.37. The minimum atomic E-state index is -4.67. The van der Waals surface area contributed by atoms with Crippen LogP contribution < -0.4 is 0 Å². The van der Waals surface area contributed by atoms with Gasteiger partial charge in [-0.2, -0.15) is 13.2 Å². The Bertz CT molecular complexity index is 811. The maximum atomic E-state index is 12.6. The Morgan fingerprint density at radius 1 is 1.30 bits per heavy atom. The van der Waals surface area contributed by atoms with E-state index in [-0.39, 0.29) is 30.1 Å². The number of nitrogens with zero attached hydrogens (tertiary/aromatic N) is 4. The van der Waals surface area contributed by atoms with Crippen LogP contribution in [0.4, 0.5) is 13.2 Å². The summed E-state index contributed by atoms with van der Waals surface area (Å²) in [7, 11) is 1.44. The molecule has 0 saturated heterocycles. The summed E-state index contributed by atoms with van der Waals surface area (Å²) in [6, 6.07) is 6.78. The van der Waals surface area contributed by atoms with Crippen molar-refractivity contribution in [1.82, 2.24) is 0 Å². The number of benzene rings is 1. The number of allylic oxidation sites excluding steroid dienone is 2. The molecule has 0 atom stereocenters. The molecule has 0 aliphatic rings. The molecule has 0 aromatic heterocycles. The summed E-state index contributed by atoms with van der Waals surface area (Å²) in [6.45, 7) is 4.29. The Labute approximate surface area is 160 Å². The molecule has 5 nitrogen and oxygen atoms in total. The SMILES string of the molecule is C=NC(=NCCC(=NC)N=C(/C(C=O)=C\C)c1ccccc1Cl)C(F)(F)F. The second kappa shape index (κ2) is 10.5. The molecule has 1 rings (SSSR count). The molecule has 0 spiro atoms. The third-order valence-electron chi connectivity index (χ3n) is 3.34. The van der Waals surface area contributed by atoms with E-state index in [1.54, 1.807) is 37.3 Å².